The number of aliphatic imine (C=N–C) groups is 1. The lowest BCUT2D eigenvalue weighted by molar-refractivity contribution is 0.359. The van der Waals surface area contributed by atoms with Gasteiger partial charge in [0.25, 0.3) is 0 Å². The number of para-hydroxylation sites is 5. The maximum absolute atomic E-state index is 5.85. The van der Waals surface area contributed by atoms with Gasteiger partial charge in [0.05, 0.1) is 33.1 Å². The molecule has 236 valence electrons. The molecule has 0 bridgehead atoms. The summed E-state index contributed by atoms with van der Waals surface area (Å²) >= 11 is 0. The van der Waals surface area contributed by atoms with Crippen molar-refractivity contribution in [2.24, 2.45) is 4.99 Å². The molecule has 0 fully saturated rings. The zero-order chi connectivity index (χ0) is 33.0. The van der Waals surface area contributed by atoms with Gasteiger partial charge in [-0.3, -0.25) is 4.57 Å². The summed E-state index contributed by atoms with van der Waals surface area (Å²) in [5.74, 6) is 0.930. The summed E-state index contributed by atoms with van der Waals surface area (Å²) in [5, 5.41) is 10.0. The third-order valence-electron chi connectivity index (χ3n) is 10.9. The van der Waals surface area contributed by atoms with E-state index in [0.717, 1.165) is 16.9 Å². The minimum Gasteiger partial charge on any atom is -0.315 e. The van der Waals surface area contributed by atoms with Gasteiger partial charge in [-0.05, 0) is 54.1 Å². The van der Waals surface area contributed by atoms with Gasteiger partial charge in [0, 0.05) is 50.5 Å². The highest BCUT2D eigenvalue weighted by atomic mass is 15.2. The van der Waals surface area contributed by atoms with Crippen LogP contribution in [0.2, 0.25) is 0 Å². The van der Waals surface area contributed by atoms with Crippen molar-refractivity contribution in [3.05, 3.63) is 164 Å². The van der Waals surface area contributed by atoms with Crippen molar-refractivity contribution in [1.29, 1.82) is 0 Å². The Hall–Kier alpha value is -6.39. The highest BCUT2D eigenvalue weighted by Crippen LogP contribution is 2.44. The van der Waals surface area contributed by atoms with Gasteiger partial charge in [0.1, 0.15) is 11.5 Å². The number of hydrogen-bond donors (Lipinski definition) is 0. The molecule has 4 heteroatoms. The maximum atomic E-state index is 5.85. The lowest BCUT2D eigenvalue weighted by atomic mass is 10.0. The van der Waals surface area contributed by atoms with Crippen LogP contribution < -0.4 is 0 Å². The lowest BCUT2D eigenvalue weighted by Crippen LogP contribution is -2.34. The van der Waals surface area contributed by atoms with E-state index in [2.05, 4.69) is 184 Å². The Kier molecular flexibility index (Phi) is 5.55. The molecule has 50 heavy (non-hydrogen) atoms. The molecule has 1 atom stereocenters. The van der Waals surface area contributed by atoms with Crippen molar-refractivity contribution >= 4 is 87.7 Å². The van der Waals surface area contributed by atoms with Gasteiger partial charge >= 0.3 is 0 Å². The van der Waals surface area contributed by atoms with Crippen molar-refractivity contribution in [2.45, 2.75) is 19.0 Å². The number of hydrogen-bond acceptors (Lipinski definition) is 1. The first-order valence-electron chi connectivity index (χ1n) is 17.4. The smallest absolute Gasteiger partial charge is 0.141 e. The number of allylic oxidation sites excluding steroid dienone is 1. The van der Waals surface area contributed by atoms with Crippen LogP contribution in [0.4, 0.5) is 0 Å². The third kappa shape index (κ3) is 3.68. The molecule has 0 saturated heterocycles. The van der Waals surface area contributed by atoms with E-state index in [1.54, 1.807) is 0 Å². The largest absolute Gasteiger partial charge is 0.315 e. The van der Waals surface area contributed by atoms with Gasteiger partial charge in [0.15, 0.2) is 0 Å². The molecule has 0 aliphatic carbocycles. The third-order valence-corrected chi connectivity index (χ3v) is 10.9. The summed E-state index contributed by atoms with van der Waals surface area (Å²) in [6.07, 6.45) is 3.05. The summed E-state index contributed by atoms with van der Waals surface area (Å²) in [7, 11) is 0. The van der Waals surface area contributed by atoms with Gasteiger partial charge in [-0.1, -0.05) is 121 Å². The summed E-state index contributed by atoms with van der Waals surface area (Å²) in [6, 6.07) is 57.2. The van der Waals surface area contributed by atoms with Crippen LogP contribution in [0.25, 0.3) is 81.9 Å². The number of dihydropyridines is 1. The molecular weight excluding hydrogens is 609 g/mol. The molecule has 7 aromatic carbocycles. The van der Waals surface area contributed by atoms with Crippen molar-refractivity contribution in [3.63, 3.8) is 0 Å². The molecule has 0 N–H and O–H groups in total. The summed E-state index contributed by atoms with van der Waals surface area (Å²) in [4.78, 5) is 5.85. The molecule has 0 saturated carbocycles. The van der Waals surface area contributed by atoms with E-state index in [-0.39, 0.29) is 0 Å². The predicted molar refractivity (Wildman–Crippen MR) is 211 cm³/mol. The normalized spacial score (nSPS) is 16.7. The fourth-order valence-electron chi connectivity index (χ4n) is 8.91. The Bertz CT molecular complexity index is 2990. The van der Waals surface area contributed by atoms with E-state index in [0.29, 0.717) is 6.42 Å². The average molecular weight is 641 g/mol. The van der Waals surface area contributed by atoms with E-state index in [1.807, 2.05) is 0 Å². The summed E-state index contributed by atoms with van der Waals surface area (Å²) in [5.41, 5.74) is 7.67. The molecule has 0 amide bonds. The van der Waals surface area contributed by atoms with Crippen LogP contribution in [-0.2, 0) is 5.66 Å². The Morgan fingerprint density at radius 2 is 0.900 bits per heavy atom. The molecule has 0 spiro atoms. The number of benzene rings is 7. The fraction of sp³-hybridized carbons (Fsp3) is 0.0652. The van der Waals surface area contributed by atoms with Crippen LogP contribution in [-0.4, -0.2) is 19.5 Å². The van der Waals surface area contributed by atoms with Gasteiger partial charge in [-0.2, -0.15) is 0 Å². The second-order valence-electron chi connectivity index (χ2n) is 13.8. The molecular formula is C46H32N4. The van der Waals surface area contributed by atoms with Gasteiger partial charge in [0.2, 0.25) is 0 Å². The van der Waals surface area contributed by atoms with Crippen LogP contribution in [0.1, 0.15) is 13.3 Å². The SMILES string of the molecule is CC1(n2c3ccccc3c3ccccc32)CC(n2c3ccccc3c3ccccc32)=CC(n2c3ccccc3c3c4ccccc4ccc32)=N1. The molecule has 1 aliphatic heterocycles. The second kappa shape index (κ2) is 10.1. The zero-order valence-corrected chi connectivity index (χ0v) is 27.6. The number of fused-ring (bicyclic) bond motifs is 11. The topological polar surface area (TPSA) is 27.1 Å². The molecule has 4 heterocycles. The molecule has 0 radical (unpaired) electrons. The molecule has 1 unspecified atom stereocenters. The van der Waals surface area contributed by atoms with Gasteiger partial charge in [-0.15, -0.1) is 0 Å². The zero-order valence-electron chi connectivity index (χ0n) is 27.6. The van der Waals surface area contributed by atoms with E-state index in [9.17, 15) is 0 Å². The maximum Gasteiger partial charge on any atom is 0.141 e. The highest BCUT2D eigenvalue weighted by molar-refractivity contribution is 6.25. The van der Waals surface area contributed by atoms with Crippen molar-refractivity contribution in [2.75, 3.05) is 0 Å². The summed E-state index contributed by atoms with van der Waals surface area (Å²) < 4.78 is 7.37. The van der Waals surface area contributed by atoms with E-state index >= 15 is 0 Å². The summed E-state index contributed by atoms with van der Waals surface area (Å²) in [6.45, 7) is 2.32. The predicted octanol–water partition coefficient (Wildman–Crippen LogP) is 11.7. The van der Waals surface area contributed by atoms with Crippen LogP contribution in [0.5, 0.6) is 0 Å². The molecule has 11 rings (SSSR count). The van der Waals surface area contributed by atoms with Gasteiger partial charge in [-0.25, -0.2) is 4.99 Å². The van der Waals surface area contributed by atoms with E-state index in [4.69, 9.17) is 4.99 Å². The van der Waals surface area contributed by atoms with Crippen LogP contribution in [0.15, 0.2) is 169 Å². The molecule has 10 aromatic rings. The first-order chi connectivity index (χ1) is 24.7. The quantitative estimate of drug-likeness (QED) is 0.180. The minimum atomic E-state index is -0.650. The van der Waals surface area contributed by atoms with Crippen LogP contribution in [0.3, 0.4) is 0 Å². The first kappa shape index (κ1) is 27.5. The van der Waals surface area contributed by atoms with Crippen molar-refractivity contribution in [3.8, 4) is 0 Å². The fourth-order valence-corrected chi connectivity index (χ4v) is 8.91. The number of rotatable bonds is 2. The lowest BCUT2D eigenvalue weighted by Gasteiger charge is -2.35. The van der Waals surface area contributed by atoms with Gasteiger partial charge < -0.3 is 9.13 Å². The van der Waals surface area contributed by atoms with Crippen molar-refractivity contribution < 1.29 is 0 Å². The second-order valence-corrected chi connectivity index (χ2v) is 13.8. The molecule has 4 nitrogen and oxygen atoms in total. The Balaban J connectivity index is 1.28. The van der Waals surface area contributed by atoms with Crippen LogP contribution in [0, 0.1) is 0 Å². The number of nitrogens with zero attached hydrogens (tertiary/aromatic N) is 4. The Labute approximate surface area is 288 Å². The molecule has 1 aliphatic rings. The average Bonchev–Trinajstić information content (AvgIpc) is 3.81. The molecule has 3 aromatic heterocycles. The van der Waals surface area contributed by atoms with Crippen LogP contribution >= 0.6 is 0 Å². The minimum absolute atomic E-state index is 0.650. The standard InChI is InChI=1S/C46H32N4/c1-46(50-41-24-12-6-18-35(41)36-19-7-13-25-42(36)50)29-31(48-38-21-9-4-16-33(38)34-17-5-10-22-39(34)48)28-44(47-46)49-40-23-11-8-20-37(40)45-32-15-3-2-14-30(32)26-27-43(45)49/h2-28H,29H2,1H3. The number of aromatic nitrogens is 3. The Morgan fingerprint density at radius 3 is 1.50 bits per heavy atom. The van der Waals surface area contributed by atoms with E-state index in [1.165, 1.54) is 70.9 Å². The van der Waals surface area contributed by atoms with Crippen molar-refractivity contribution in [1.82, 2.24) is 13.7 Å². The first-order valence-corrected chi connectivity index (χ1v) is 17.4. The highest BCUT2D eigenvalue weighted by Gasteiger charge is 2.36. The monoisotopic (exact) mass is 640 g/mol. The Morgan fingerprint density at radius 1 is 0.440 bits per heavy atom. The van der Waals surface area contributed by atoms with E-state index < -0.39 is 5.66 Å².